The van der Waals surface area contributed by atoms with Crippen molar-refractivity contribution in [2.75, 3.05) is 0 Å². The SMILES string of the molecule is CBNC(=O)c1ccccn1. The molecule has 0 saturated carbocycles. The maximum Gasteiger partial charge on any atom is 0.257 e. The zero-order valence-corrected chi connectivity index (χ0v) is 6.37. The Morgan fingerprint density at radius 1 is 1.64 bits per heavy atom. The molecular weight excluding hydrogens is 139 g/mol. The van der Waals surface area contributed by atoms with Crippen molar-refractivity contribution < 1.29 is 4.79 Å². The van der Waals surface area contributed by atoms with Crippen LogP contribution in [0.25, 0.3) is 0 Å². The normalized spacial score (nSPS) is 8.82. The molecule has 0 fully saturated rings. The van der Waals surface area contributed by atoms with Crippen LogP contribution in [0.2, 0.25) is 6.82 Å². The summed E-state index contributed by atoms with van der Waals surface area (Å²) in [5, 5.41) is 2.66. The molecule has 0 aromatic carbocycles. The molecule has 1 rings (SSSR count). The molecule has 0 saturated heterocycles. The summed E-state index contributed by atoms with van der Waals surface area (Å²) < 4.78 is 0. The number of nitrogens with one attached hydrogen (secondary N) is 1. The molecule has 56 valence electrons. The third kappa shape index (κ3) is 2.07. The molecule has 1 heterocycles. The van der Waals surface area contributed by atoms with E-state index in [1.54, 1.807) is 24.4 Å². The molecule has 3 nitrogen and oxygen atoms in total. The van der Waals surface area contributed by atoms with Crippen LogP contribution in [0.1, 0.15) is 10.5 Å². The topological polar surface area (TPSA) is 42.0 Å². The lowest BCUT2D eigenvalue weighted by atomic mass is 10.0. The van der Waals surface area contributed by atoms with Crippen LogP contribution in [0.3, 0.4) is 0 Å². The van der Waals surface area contributed by atoms with Crippen LogP contribution in [0.4, 0.5) is 0 Å². The maximum absolute atomic E-state index is 11.1. The zero-order valence-electron chi connectivity index (χ0n) is 6.37. The highest BCUT2D eigenvalue weighted by Gasteiger charge is 2.02. The minimum Gasteiger partial charge on any atom is -0.397 e. The van der Waals surface area contributed by atoms with Gasteiger partial charge in [-0.3, -0.25) is 9.78 Å². The first kappa shape index (κ1) is 7.79. The Balaban J connectivity index is 2.69. The standard InChI is InChI=1S/C7H9BN2O/c1-8-10-7(11)6-4-2-3-5-9-6/h2-5,8H,1H3,(H,10,11). The molecule has 0 aliphatic carbocycles. The van der Waals surface area contributed by atoms with Crippen LogP contribution in [-0.2, 0) is 0 Å². The van der Waals surface area contributed by atoms with Crippen LogP contribution >= 0.6 is 0 Å². The Labute approximate surface area is 66.1 Å². The van der Waals surface area contributed by atoms with Gasteiger partial charge in [0, 0.05) is 6.20 Å². The van der Waals surface area contributed by atoms with Gasteiger partial charge < -0.3 is 5.23 Å². The third-order valence-electron chi connectivity index (χ3n) is 1.23. The van der Waals surface area contributed by atoms with Crippen LogP contribution < -0.4 is 5.23 Å². The van der Waals surface area contributed by atoms with E-state index in [2.05, 4.69) is 10.2 Å². The van der Waals surface area contributed by atoms with E-state index in [1.807, 2.05) is 6.82 Å². The van der Waals surface area contributed by atoms with Gasteiger partial charge in [0.05, 0.1) is 0 Å². The zero-order chi connectivity index (χ0) is 8.10. The van der Waals surface area contributed by atoms with E-state index in [0.717, 1.165) is 0 Å². The highest BCUT2D eigenvalue weighted by Crippen LogP contribution is 1.91. The summed E-state index contributed by atoms with van der Waals surface area (Å²) in [6.07, 6.45) is 1.60. The molecule has 0 atom stereocenters. The van der Waals surface area contributed by atoms with Crippen molar-refractivity contribution in [2.45, 2.75) is 6.82 Å². The van der Waals surface area contributed by atoms with Crippen LogP contribution in [0, 0.1) is 0 Å². The van der Waals surface area contributed by atoms with Gasteiger partial charge >= 0.3 is 0 Å². The summed E-state index contributed by atoms with van der Waals surface area (Å²) in [7, 11) is 0.634. The molecule has 1 aromatic rings. The fourth-order valence-electron chi connectivity index (χ4n) is 0.748. The number of aromatic nitrogens is 1. The predicted octanol–water partition coefficient (Wildman–Crippen LogP) is 0.211. The fraction of sp³-hybridized carbons (Fsp3) is 0.143. The molecule has 1 N–H and O–H groups in total. The number of rotatable bonds is 2. The number of pyridine rings is 1. The van der Waals surface area contributed by atoms with E-state index in [4.69, 9.17) is 0 Å². The van der Waals surface area contributed by atoms with E-state index in [0.29, 0.717) is 13.1 Å². The van der Waals surface area contributed by atoms with Gasteiger partial charge in [0.1, 0.15) is 5.69 Å². The van der Waals surface area contributed by atoms with E-state index < -0.39 is 0 Å². The lowest BCUT2D eigenvalue weighted by Crippen LogP contribution is -2.25. The minimum absolute atomic E-state index is 0.117. The summed E-state index contributed by atoms with van der Waals surface area (Å²) in [5.41, 5.74) is 0.467. The van der Waals surface area contributed by atoms with E-state index in [-0.39, 0.29) is 5.91 Å². The Morgan fingerprint density at radius 3 is 3.00 bits per heavy atom. The van der Waals surface area contributed by atoms with Crippen molar-refractivity contribution in [2.24, 2.45) is 0 Å². The van der Waals surface area contributed by atoms with Gasteiger partial charge in [0.15, 0.2) is 0 Å². The highest BCUT2D eigenvalue weighted by molar-refractivity contribution is 6.36. The summed E-state index contributed by atoms with van der Waals surface area (Å²) in [5.74, 6) is -0.117. The van der Waals surface area contributed by atoms with Gasteiger partial charge in [-0.25, -0.2) is 0 Å². The lowest BCUT2D eigenvalue weighted by Gasteiger charge is -1.98. The van der Waals surface area contributed by atoms with Crippen molar-refractivity contribution in [1.29, 1.82) is 0 Å². The number of amides is 1. The van der Waals surface area contributed by atoms with Gasteiger partial charge in [-0.05, 0) is 12.1 Å². The highest BCUT2D eigenvalue weighted by atomic mass is 16.1. The number of carbonyl (C=O) groups is 1. The average molecular weight is 148 g/mol. The van der Waals surface area contributed by atoms with Crippen molar-refractivity contribution in [3.63, 3.8) is 0 Å². The van der Waals surface area contributed by atoms with Gasteiger partial charge in [-0.2, -0.15) is 0 Å². The maximum atomic E-state index is 11.1. The second-order valence-electron chi connectivity index (χ2n) is 2.07. The molecule has 4 heteroatoms. The van der Waals surface area contributed by atoms with Crippen LogP contribution in [0.5, 0.6) is 0 Å². The van der Waals surface area contributed by atoms with Gasteiger partial charge in [0.25, 0.3) is 5.91 Å². The summed E-state index contributed by atoms with van der Waals surface area (Å²) in [6.45, 7) is 1.88. The quantitative estimate of drug-likeness (QED) is 0.609. The first-order valence-corrected chi connectivity index (χ1v) is 3.54. The van der Waals surface area contributed by atoms with Crippen molar-refractivity contribution in [1.82, 2.24) is 10.2 Å². The molecule has 1 aromatic heterocycles. The van der Waals surface area contributed by atoms with E-state index in [9.17, 15) is 4.79 Å². The van der Waals surface area contributed by atoms with Crippen LogP contribution in [-0.4, -0.2) is 18.3 Å². The fourth-order valence-corrected chi connectivity index (χ4v) is 0.748. The van der Waals surface area contributed by atoms with E-state index >= 15 is 0 Å². The Bertz CT molecular complexity index is 237. The van der Waals surface area contributed by atoms with Crippen molar-refractivity contribution in [3.05, 3.63) is 30.1 Å². The molecule has 1 amide bonds. The second-order valence-corrected chi connectivity index (χ2v) is 2.07. The first-order chi connectivity index (χ1) is 5.34. The summed E-state index contributed by atoms with van der Waals surface area (Å²) in [4.78, 5) is 15.0. The first-order valence-electron chi connectivity index (χ1n) is 3.54. The van der Waals surface area contributed by atoms with Gasteiger partial charge in [-0.1, -0.05) is 12.9 Å². The second kappa shape index (κ2) is 3.76. The molecule has 0 spiro atoms. The molecular formula is C7H9BN2O. The molecule has 0 radical (unpaired) electrons. The van der Waals surface area contributed by atoms with Gasteiger partial charge in [0.2, 0.25) is 7.41 Å². The number of hydrogen-bond acceptors (Lipinski definition) is 2. The third-order valence-corrected chi connectivity index (χ3v) is 1.23. The Hall–Kier alpha value is -1.32. The van der Waals surface area contributed by atoms with Crippen LogP contribution in [0.15, 0.2) is 24.4 Å². The molecule has 0 bridgehead atoms. The smallest absolute Gasteiger partial charge is 0.257 e. The Morgan fingerprint density at radius 2 is 2.45 bits per heavy atom. The predicted molar refractivity (Wildman–Crippen MR) is 44.7 cm³/mol. The number of hydrogen-bond donors (Lipinski definition) is 1. The van der Waals surface area contributed by atoms with Gasteiger partial charge in [-0.15, -0.1) is 0 Å². The number of nitrogens with zero attached hydrogens (tertiary/aromatic N) is 1. The monoisotopic (exact) mass is 148 g/mol. The molecule has 0 aliphatic rings. The molecule has 0 aliphatic heterocycles. The van der Waals surface area contributed by atoms with Crippen molar-refractivity contribution >= 4 is 13.3 Å². The van der Waals surface area contributed by atoms with Crippen molar-refractivity contribution in [3.8, 4) is 0 Å². The summed E-state index contributed by atoms with van der Waals surface area (Å²) in [6, 6.07) is 5.26. The number of carbonyl (C=O) groups excluding carboxylic acids is 1. The average Bonchev–Trinajstić information content (AvgIpc) is 2.07. The minimum atomic E-state index is -0.117. The largest absolute Gasteiger partial charge is 0.397 e. The summed E-state index contributed by atoms with van der Waals surface area (Å²) >= 11 is 0. The lowest BCUT2D eigenvalue weighted by molar-refractivity contribution is 0.0976. The van der Waals surface area contributed by atoms with E-state index in [1.165, 1.54) is 0 Å². The molecule has 0 unspecified atom stereocenters. The molecule has 11 heavy (non-hydrogen) atoms. The Kier molecular flexibility index (Phi) is 2.66.